The lowest BCUT2D eigenvalue weighted by atomic mass is 10.2. The van der Waals surface area contributed by atoms with Gasteiger partial charge >= 0.3 is 5.69 Å². The fraction of sp³-hybridized carbons (Fsp3) is 0.167. The summed E-state index contributed by atoms with van der Waals surface area (Å²) in [5.41, 5.74) is -0.268. The summed E-state index contributed by atoms with van der Waals surface area (Å²) in [7, 11) is -3.97. The minimum atomic E-state index is -3.97. The van der Waals surface area contributed by atoms with Crippen molar-refractivity contribution in [2.24, 2.45) is 0 Å². The molecule has 1 aromatic heterocycles. The molecule has 0 atom stereocenters. The molecule has 0 unspecified atom stereocenters. The van der Waals surface area contributed by atoms with Gasteiger partial charge < -0.3 is 4.98 Å². The monoisotopic (exact) mass is 313 g/mol. The van der Waals surface area contributed by atoms with Gasteiger partial charge in [0, 0.05) is 25.0 Å². The van der Waals surface area contributed by atoms with Crippen molar-refractivity contribution in [1.29, 1.82) is 0 Å². The highest BCUT2D eigenvalue weighted by molar-refractivity contribution is 7.89. The van der Waals surface area contributed by atoms with Gasteiger partial charge in [-0.2, -0.15) is 4.39 Å². The number of hydrogen-bond acceptors (Lipinski definition) is 4. The van der Waals surface area contributed by atoms with E-state index in [4.69, 9.17) is 0 Å². The predicted molar refractivity (Wildman–Crippen MR) is 72.6 cm³/mol. The number of hydrogen-bond donors (Lipinski definition) is 2. The first-order chi connectivity index (χ1) is 9.81. The smallest absolute Gasteiger partial charge is 0.306 e. The molecule has 2 N–H and O–H groups in total. The van der Waals surface area contributed by atoms with Crippen LogP contribution in [0.5, 0.6) is 0 Å². The number of nitro benzene ring substituents is 1. The van der Waals surface area contributed by atoms with Crippen molar-refractivity contribution in [1.82, 2.24) is 9.71 Å². The highest BCUT2D eigenvalue weighted by atomic mass is 32.2. The summed E-state index contributed by atoms with van der Waals surface area (Å²) in [5.74, 6) is -1.04. The second-order valence-corrected chi connectivity index (χ2v) is 6.14. The Morgan fingerprint density at radius 2 is 2.14 bits per heavy atom. The van der Waals surface area contributed by atoms with Gasteiger partial charge in [-0.25, -0.2) is 13.1 Å². The fourth-order valence-corrected chi connectivity index (χ4v) is 2.86. The van der Waals surface area contributed by atoms with E-state index in [2.05, 4.69) is 9.71 Å². The van der Waals surface area contributed by atoms with Gasteiger partial charge in [0.2, 0.25) is 15.8 Å². The Balaban J connectivity index is 2.33. The van der Waals surface area contributed by atoms with E-state index in [1.807, 2.05) is 0 Å². The molecular weight excluding hydrogens is 301 g/mol. The molecule has 1 aromatic carbocycles. The number of nitrogens with one attached hydrogen (secondary N) is 2. The molecule has 1 heterocycles. The highest BCUT2D eigenvalue weighted by Crippen LogP contribution is 2.25. The standard InChI is InChI=1S/C12H12FN3O4S/c1-8-4-10(5-11(12(8)13)16(17)18)21(19,20)15-7-9-2-3-14-6-9/h2-6,14-15H,7H2,1H3. The quantitative estimate of drug-likeness (QED) is 0.649. The molecule has 7 nitrogen and oxygen atoms in total. The van der Waals surface area contributed by atoms with Gasteiger partial charge in [-0.15, -0.1) is 0 Å². The van der Waals surface area contributed by atoms with Gasteiger partial charge in [-0.1, -0.05) is 0 Å². The number of aromatic nitrogens is 1. The number of nitro groups is 1. The van der Waals surface area contributed by atoms with Crippen molar-refractivity contribution in [3.63, 3.8) is 0 Å². The Bertz CT molecular complexity index is 772. The van der Waals surface area contributed by atoms with Crippen molar-refractivity contribution in [2.75, 3.05) is 0 Å². The SMILES string of the molecule is Cc1cc(S(=O)(=O)NCc2cc[nH]c2)cc([N+](=O)[O-])c1F. The fourth-order valence-electron chi connectivity index (χ4n) is 1.74. The normalized spacial score (nSPS) is 11.5. The van der Waals surface area contributed by atoms with Crippen molar-refractivity contribution in [3.05, 3.63) is 57.7 Å². The van der Waals surface area contributed by atoms with E-state index in [9.17, 15) is 22.9 Å². The van der Waals surface area contributed by atoms with Crippen LogP contribution in [-0.4, -0.2) is 18.3 Å². The van der Waals surface area contributed by atoms with E-state index in [-0.39, 0.29) is 17.0 Å². The maximum atomic E-state index is 13.6. The third-order valence-corrected chi connectivity index (χ3v) is 4.23. The Labute approximate surface area is 120 Å². The van der Waals surface area contributed by atoms with E-state index in [0.717, 1.165) is 6.07 Å². The van der Waals surface area contributed by atoms with Gasteiger partial charge in [0.25, 0.3) is 0 Å². The molecule has 0 fully saturated rings. The molecule has 21 heavy (non-hydrogen) atoms. The van der Waals surface area contributed by atoms with E-state index in [0.29, 0.717) is 11.6 Å². The largest absolute Gasteiger partial charge is 0.367 e. The Hall–Kier alpha value is -2.26. The molecule has 112 valence electrons. The third-order valence-electron chi connectivity index (χ3n) is 2.84. The number of halogens is 1. The van der Waals surface area contributed by atoms with Crippen LogP contribution < -0.4 is 4.72 Å². The van der Waals surface area contributed by atoms with Crippen LogP contribution in [0.1, 0.15) is 11.1 Å². The zero-order valence-electron chi connectivity index (χ0n) is 11.0. The first kappa shape index (κ1) is 15.1. The van der Waals surface area contributed by atoms with Gasteiger partial charge in [-0.05, 0) is 30.2 Å². The van der Waals surface area contributed by atoms with Crippen molar-refractivity contribution in [3.8, 4) is 0 Å². The average molecular weight is 313 g/mol. The summed E-state index contributed by atoms with van der Waals surface area (Å²) in [5, 5.41) is 10.7. The summed E-state index contributed by atoms with van der Waals surface area (Å²) in [4.78, 5) is 12.2. The number of sulfonamides is 1. The lowest BCUT2D eigenvalue weighted by Crippen LogP contribution is -2.23. The number of H-pyrrole nitrogens is 1. The molecular formula is C12H12FN3O4S. The number of benzene rings is 1. The van der Waals surface area contributed by atoms with Crippen molar-refractivity contribution >= 4 is 15.7 Å². The minimum Gasteiger partial charge on any atom is -0.367 e. The second-order valence-electron chi connectivity index (χ2n) is 4.37. The highest BCUT2D eigenvalue weighted by Gasteiger charge is 2.23. The molecule has 0 aliphatic heterocycles. The van der Waals surface area contributed by atoms with Crippen LogP contribution >= 0.6 is 0 Å². The number of aryl methyl sites for hydroxylation is 1. The van der Waals surface area contributed by atoms with E-state index < -0.39 is 26.5 Å². The molecule has 0 saturated carbocycles. The van der Waals surface area contributed by atoms with Gasteiger partial charge in [-0.3, -0.25) is 10.1 Å². The second kappa shape index (κ2) is 5.62. The first-order valence-electron chi connectivity index (χ1n) is 5.87. The number of rotatable bonds is 5. The molecule has 2 rings (SSSR count). The molecule has 0 aliphatic rings. The summed E-state index contributed by atoms with van der Waals surface area (Å²) in [6.07, 6.45) is 3.25. The molecule has 0 amide bonds. The molecule has 0 aliphatic carbocycles. The summed E-state index contributed by atoms with van der Waals surface area (Å²) in [6, 6.07) is 3.45. The lowest BCUT2D eigenvalue weighted by molar-refractivity contribution is -0.387. The maximum absolute atomic E-state index is 13.6. The molecule has 0 radical (unpaired) electrons. The zero-order chi connectivity index (χ0) is 15.6. The van der Waals surface area contributed by atoms with Crippen LogP contribution in [0.15, 0.2) is 35.5 Å². The van der Waals surface area contributed by atoms with E-state index >= 15 is 0 Å². The van der Waals surface area contributed by atoms with Crippen molar-refractivity contribution in [2.45, 2.75) is 18.4 Å². The molecule has 0 saturated heterocycles. The zero-order valence-corrected chi connectivity index (χ0v) is 11.8. The maximum Gasteiger partial charge on any atom is 0.306 e. The molecule has 0 spiro atoms. The van der Waals surface area contributed by atoms with Crippen LogP contribution in [-0.2, 0) is 16.6 Å². The Morgan fingerprint density at radius 1 is 1.43 bits per heavy atom. The van der Waals surface area contributed by atoms with Crippen LogP contribution in [0.4, 0.5) is 10.1 Å². The van der Waals surface area contributed by atoms with Gasteiger partial charge in [0.05, 0.1) is 9.82 Å². The van der Waals surface area contributed by atoms with Crippen LogP contribution in [0.25, 0.3) is 0 Å². The van der Waals surface area contributed by atoms with Crippen molar-refractivity contribution < 1.29 is 17.7 Å². The van der Waals surface area contributed by atoms with Gasteiger partial charge in [0.1, 0.15) is 0 Å². The van der Waals surface area contributed by atoms with Crippen LogP contribution in [0.2, 0.25) is 0 Å². The summed E-state index contributed by atoms with van der Waals surface area (Å²) < 4.78 is 40.1. The average Bonchev–Trinajstić information content (AvgIpc) is 2.92. The lowest BCUT2D eigenvalue weighted by Gasteiger charge is -2.07. The van der Waals surface area contributed by atoms with Gasteiger partial charge in [0.15, 0.2) is 0 Å². The Morgan fingerprint density at radius 3 is 2.71 bits per heavy atom. The predicted octanol–water partition coefficient (Wildman–Crippen LogP) is 1.85. The number of nitrogens with zero attached hydrogens (tertiary/aromatic N) is 1. The molecule has 2 aromatic rings. The molecule has 0 bridgehead atoms. The first-order valence-corrected chi connectivity index (χ1v) is 7.35. The van der Waals surface area contributed by atoms with E-state index in [1.165, 1.54) is 6.92 Å². The minimum absolute atomic E-state index is 0.0239. The Kier molecular flexibility index (Phi) is 4.05. The topological polar surface area (TPSA) is 105 Å². The van der Waals surface area contributed by atoms with Crippen LogP contribution in [0.3, 0.4) is 0 Å². The molecule has 9 heteroatoms. The third kappa shape index (κ3) is 3.26. The summed E-state index contributed by atoms with van der Waals surface area (Å²) >= 11 is 0. The summed E-state index contributed by atoms with van der Waals surface area (Å²) in [6.45, 7) is 1.30. The van der Waals surface area contributed by atoms with E-state index in [1.54, 1.807) is 18.5 Å². The van der Waals surface area contributed by atoms with Crippen LogP contribution in [0, 0.1) is 22.9 Å². The number of aromatic amines is 1.